The summed E-state index contributed by atoms with van der Waals surface area (Å²) in [4.78, 5) is 26.7. The van der Waals surface area contributed by atoms with Crippen molar-refractivity contribution in [2.75, 3.05) is 11.1 Å². The number of fused-ring (bicyclic) bond motifs is 1. The van der Waals surface area contributed by atoms with E-state index < -0.39 is 33.1 Å². The van der Waals surface area contributed by atoms with Gasteiger partial charge < -0.3 is 15.7 Å². The maximum atomic E-state index is 13.6. The van der Waals surface area contributed by atoms with Gasteiger partial charge in [0.1, 0.15) is 11.8 Å². The summed E-state index contributed by atoms with van der Waals surface area (Å²) in [7, 11) is -3.59. The minimum Gasteiger partial charge on any atom is -0.508 e. The molecule has 4 rings (SSSR count). The maximum absolute atomic E-state index is 13.6. The van der Waals surface area contributed by atoms with Crippen molar-refractivity contribution in [3.05, 3.63) is 102 Å². The van der Waals surface area contributed by atoms with Crippen molar-refractivity contribution >= 4 is 38.1 Å². The SMILES string of the molecule is CC(C)(C)CS(=O)(=O)c1cccc2c(NC(=O)[C@H](Cc3ccc(O)cc3)NC(=O)c3ccccc3)cccc12. The quantitative estimate of drug-likeness (QED) is 0.277. The third kappa shape index (κ3) is 7.03. The largest absolute Gasteiger partial charge is 0.508 e. The predicted octanol–water partition coefficient (Wildman–Crippen LogP) is 5.35. The fourth-order valence-corrected chi connectivity index (χ4v) is 6.53. The van der Waals surface area contributed by atoms with Gasteiger partial charge in [0.15, 0.2) is 9.84 Å². The van der Waals surface area contributed by atoms with E-state index in [1.165, 1.54) is 12.1 Å². The van der Waals surface area contributed by atoms with Crippen LogP contribution < -0.4 is 10.6 Å². The van der Waals surface area contributed by atoms with Crippen molar-refractivity contribution in [3.8, 4) is 5.75 Å². The van der Waals surface area contributed by atoms with Crippen molar-refractivity contribution in [3.63, 3.8) is 0 Å². The van der Waals surface area contributed by atoms with E-state index in [0.717, 1.165) is 5.56 Å². The Balaban J connectivity index is 1.66. The molecule has 0 unspecified atom stereocenters. The zero-order valence-corrected chi connectivity index (χ0v) is 23.0. The second kappa shape index (κ2) is 11.3. The number of amides is 2. The standard InChI is InChI=1S/C31H32N2O5S/c1-31(2,3)20-39(37,38)28-14-8-11-24-25(28)12-7-13-26(24)32-30(36)27(19-21-15-17-23(34)18-16-21)33-29(35)22-9-5-4-6-10-22/h4-18,27,34H,19-20H2,1-3H3,(H,32,36)(H,33,35)/t27-/m0/s1. The number of carbonyl (C=O) groups excluding carboxylic acids is 2. The molecule has 0 bridgehead atoms. The molecule has 8 heteroatoms. The summed E-state index contributed by atoms with van der Waals surface area (Å²) in [5, 5.41) is 16.5. The third-order valence-electron chi connectivity index (χ3n) is 6.13. The molecule has 2 amide bonds. The Bertz CT molecular complexity index is 1590. The Labute approximate surface area is 228 Å². The van der Waals surface area contributed by atoms with Crippen LogP contribution >= 0.6 is 0 Å². The van der Waals surface area contributed by atoms with E-state index in [9.17, 15) is 23.1 Å². The average Bonchev–Trinajstić information content (AvgIpc) is 2.88. The molecule has 4 aromatic rings. The number of hydrogen-bond donors (Lipinski definition) is 3. The summed E-state index contributed by atoms with van der Waals surface area (Å²) in [6.07, 6.45) is 0.181. The van der Waals surface area contributed by atoms with E-state index in [1.807, 2.05) is 20.8 Å². The normalized spacial score (nSPS) is 12.6. The molecule has 4 aromatic carbocycles. The van der Waals surface area contributed by atoms with Crippen LogP contribution in [0.1, 0.15) is 36.7 Å². The molecule has 0 aliphatic carbocycles. The molecule has 0 saturated carbocycles. The van der Waals surface area contributed by atoms with Crippen LogP contribution in [0.5, 0.6) is 5.75 Å². The first-order valence-electron chi connectivity index (χ1n) is 12.6. The number of rotatable bonds is 8. The van der Waals surface area contributed by atoms with E-state index in [2.05, 4.69) is 10.6 Å². The van der Waals surface area contributed by atoms with Gasteiger partial charge in [0.05, 0.1) is 10.6 Å². The Kier molecular flexibility index (Phi) is 8.06. The number of hydrogen-bond acceptors (Lipinski definition) is 5. The van der Waals surface area contributed by atoms with E-state index >= 15 is 0 Å². The maximum Gasteiger partial charge on any atom is 0.251 e. The Morgan fingerprint density at radius 2 is 1.46 bits per heavy atom. The van der Waals surface area contributed by atoms with Crippen molar-refractivity contribution in [2.45, 2.75) is 38.1 Å². The number of benzene rings is 4. The van der Waals surface area contributed by atoms with Crippen molar-refractivity contribution in [1.82, 2.24) is 5.32 Å². The third-order valence-corrected chi connectivity index (χ3v) is 8.40. The topological polar surface area (TPSA) is 113 Å². The zero-order valence-electron chi connectivity index (χ0n) is 22.1. The lowest BCUT2D eigenvalue weighted by molar-refractivity contribution is -0.118. The van der Waals surface area contributed by atoms with Gasteiger partial charge in [-0.25, -0.2) is 8.42 Å². The number of phenols is 1. The lowest BCUT2D eigenvalue weighted by Gasteiger charge is -2.21. The van der Waals surface area contributed by atoms with Gasteiger partial charge in [-0.05, 0) is 47.4 Å². The van der Waals surface area contributed by atoms with Gasteiger partial charge in [-0.3, -0.25) is 9.59 Å². The number of nitrogens with one attached hydrogen (secondary N) is 2. The van der Waals surface area contributed by atoms with Crippen LogP contribution in [0.3, 0.4) is 0 Å². The first-order valence-corrected chi connectivity index (χ1v) is 14.3. The van der Waals surface area contributed by atoms with E-state index in [0.29, 0.717) is 22.0 Å². The summed E-state index contributed by atoms with van der Waals surface area (Å²) in [5.74, 6) is -0.775. The molecule has 3 N–H and O–H groups in total. The molecule has 0 spiro atoms. The van der Waals surface area contributed by atoms with Crippen molar-refractivity contribution < 1.29 is 23.1 Å². The van der Waals surface area contributed by atoms with Crippen LogP contribution in [0.2, 0.25) is 0 Å². The fraction of sp³-hybridized carbons (Fsp3) is 0.226. The van der Waals surface area contributed by atoms with Gasteiger partial charge in [0.25, 0.3) is 5.91 Å². The van der Waals surface area contributed by atoms with Crippen LogP contribution in [-0.4, -0.2) is 37.1 Å². The van der Waals surface area contributed by atoms with Crippen LogP contribution in [0, 0.1) is 5.41 Å². The predicted molar refractivity (Wildman–Crippen MR) is 154 cm³/mol. The summed E-state index contributed by atoms with van der Waals surface area (Å²) >= 11 is 0. The minimum absolute atomic E-state index is 0.0179. The highest BCUT2D eigenvalue weighted by molar-refractivity contribution is 7.91. The molecule has 0 aromatic heterocycles. The molecular formula is C31H32N2O5S. The Morgan fingerprint density at radius 1 is 0.821 bits per heavy atom. The minimum atomic E-state index is -3.59. The summed E-state index contributed by atoms with van der Waals surface area (Å²) in [6, 6.07) is 24.2. The Hall–Kier alpha value is -4.17. The number of phenolic OH excluding ortho intramolecular Hbond substituents is 1. The zero-order chi connectivity index (χ0) is 28.2. The van der Waals surface area contributed by atoms with Crippen molar-refractivity contribution in [2.24, 2.45) is 5.41 Å². The molecule has 7 nitrogen and oxygen atoms in total. The Morgan fingerprint density at radius 3 is 2.13 bits per heavy atom. The summed E-state index contributed by atoms with van der Waals surface area (Å²) in [6.45, 7) is 5.62. The molecule has 0 saturated heterocycles. The first-order chi connectivity index (χ1) is 18.4. The fourth-order valence-electron chi connectivity index (χ4n) is 4.44. The summed E-state index contributed by atoms with van der Waals surface area (Å²) in [5.41, 5.74) is 1.18. The van der Waals surface area contributed by atoms with Crippen LogP contribution in [0.15, 0.2) is 95.9 Å². The van der Waals surface area contributed by atoms with Crippen LogP contribution in [0.25, 0.3) is 10.8 Å². The number of carbonyl (C=O) groups is 2. The second-order valence-electron chi connectivity index (χ2n) is 10.7. The highest BCUT2D eigenvalue weighted by Crippen LogP contribution is 2.32. The molecule has 202 valence electrons. The molecule has 39 heavy (non-hydrogen) atoms. The first kappa shape index (κ1) is 27.9. The van der Waals surface area contributed by atoms with Crippen LogP contribution in [-0.2, 0) is 21.1 Å². The van der Waals surface area contributed by atoms with Gasteiger partial charge in [0, 0.05) is 28.4 Å². The number of aromatic hydroxyl groups is 1. The van der Waals surface area contributed by atoms with Crippen LogP contribution in [0.4, 0.5) is 5.69 Å². The van der Waals surface area contributed by atoms with Gasteiger partial charge in [-0.1, -0.05) is 75.4 Å². The molecule has 1 atom stereocenters. The number of sulfone groups is 1. The van der Waals surface area contributed by atoms with Gasteiger partial charge in [0.2, 0.25) is 5.91 Å². The van der Waals surface area contributed by atoms with E-state index in [4.69, 9.17) is 0 Å². The van der Waals surface area contributed by atoms with Gasteiger partial charge in [-0.15, -0.1) is 0 Å². The molecule has 0 aliphatic rings. The van der Waals surface area contributed by atoms with Gasteiger partial charge in [-0.2, -0.15) is 0 Å². The molecule has 0 aliphatic heterocycles. The van der Waals surface area contributed by atoms with E-state index in [-0.39, 0.29) is 22.8 Å². The number of anilines is 1. The van der Waals surface area contributed by atoms with Crippen molar-refractivity contribution in [1.29, 1.82) is 0 Å². The highest BCUT2D eigenvalue weighted by Gasteiger charge is 2.26. The molecule has 0 radical (unpaired) electrons. The van der Waals surface area contributed by atoms with Gasteiger partial charge >= 0.3 is 0 Å². The highest BCUT2D eigenvalue weighted by atomic mass is 32.2. The van der Waals surface area contributed by atoms with E-state index in [1.54, 1.807) is 78.9 Å². The monoisotopic (exact) mass is 544 g/mol. The second-order valence-corrected chi connectivity index (χ2v) is 12.7. The average molecular weight is 545 g/mol. The molecule has 0 fully saturated rings. The lowest BCUT2D eigenvalue weighted by Crippen LogP contribution is -2.45. The lowest BCUT2D eigenvalue weighted by atomic mass is 10.0. The molecular weight excluding hydrogens is 512 g/mol. The smallest absolute Gasteiger partial charge is 0.251 e. The summed E-state index contributed by atoms with van der Waals surface area (Å²) < 4.78 is 26.5. The molecule has 0 heterocycles.